The van der Waals surface area contributed by atoms with Gasteiger partial charge in [-0.25, -0.2) is 0 Å². The standard InChI is InChI=1S/C47H59N5O5/c48-42-16-4-5-17-43(42)50-46(55)19-3-1-2-18-45(54)49-30-35-11-8-12-37(27-35)38-13-9-14-39(28-38)47-56-41(29-44(57-47)36-22-20-34(33-53)21-23-36)32-52-26-10-15-40(52)31-51-24-6-7-25-51/h4-5,8-9,11-14,16-17,20-23,27-28,40-41,44,47,53H,1-3,6-7,10,15,18-19,24-26,29-33,48H2,(H,49,54)(H,50,55)/t40-,41+,44-,47-/m0/s1. The molecule has 302 valence electrons. The van der Waals surface area contributed by atoms with Gasteiger partial charge in [-0.3, -0.25) is 14.5 Å². The summed E-state index contributed by atoms with van der Waals surface area (Å²) in [5.74, 6) is -0.0687. The molecule has 0 aromatic heterocycles. The molecule has 57 heavy (non-hydrogen) atoms. The smallest absolute Gasteiger partial charge is 0.224 e. The Labute approximate surface area is 337 Å². The fraction of sp³-hybridized carbons (Fsp3) is 0.447. The Morgan fingerprint density at radius 2 is 1.49 bits per heavy atom. The summed E-state index contributed by atoms with van der Waals surface area (Å²) >= 11 is 0. The van der Waals surface area contributed by atoms with Gasteiger partial charge in [-0.1, -0.05) is 79.2 Å². The number of carbonyl (C=O) groups excluding carboxylic acids is 2. The lowest BCUT2D eigenvalue weighted by molar-refractivity contribution is -0.253. The van der Waals surface area contributed by atoms with E-state index in [1.807, 2.05) is 36.4 Å². The lowest BCUT2D eigenvalue weighted by atomic mass is 9.98. The summed E-state index contributed by atoms with van der Waals surface area (Å²) in [4.78, 5) is 30.3. The molecule has 5 N–H and O–H groups in total. The molecular weight excluding hydrogens is 715 g/mol. The zero-order chi connectivity index (χ0) is 39.4. The number of aliphatic hydroxyl groups is 1. The van der Waals surface area contributed by atoms with Crippen LogP contribution in [0.1, 0.15) is 98.9 Å². The number of anilines is 2. The lowest BCUT2D eigenvalue weighted by Crippen LogP contribution is -2.45. The van der Waals surface area contributed by atoms with Gasteiger partial charge in [0.1, 0.15) is 0 Å². The van der Waals surface area contributed by atoms with Crippen LogP contribution in [0.3, 0.4) is 0 Å². The molecule has 10 nitrogen and oxygen atoms in total. The summed E-state index contributed by atoms with van der Waals surface area (Å²) in [6.07, 6.45) is 8.27. The van der Waals surface area contributed by atoms with E-state index in [2.05, 4.69) is 69.0 Å². The van der Waals surface area contributed by atoms with Gasteiger partial charge in [-0.05, 0) is 110 Å². The van der Waals surface area contributed by atoms with E-state index in [4.69, 9.17) is 15.2 Å². The van der Waals surface area contributed by atoms with Crippen LogP contribution in [0.4, 0.5) is 11.4 Å². The molecule has 4 aromatic carbocycles. The van der Waals surface area contributed by atoms with Crippen molar-refractivity contribution in [1.82, 2.24) is 15.1 Å². The summed E-state index contributed by atoms with van der Waals surface area (Å²) in [7, 11) is 0. The first-order chi connectivity index (χ1) is 27.9. The Kier molecular flexibility index (Phi) is 14.4. The zero-order valence-corrected chi connectivity index (χ0v) is 33.1. The minimum Gasteiger partial charge on any atom is -0.397 e. The van der Waals surface area contributed by atoms with Crippen LogP contribution in [0, 0.1) is 0 Å². The van der Waals surface area contributed by atoms with Gasteiger partial charge in [0.25, 0.3) is 0 Å². The molecule has 7 rings (SSSR count). The van der Waals surface area contributed by atoms with E-state index < -0.39 is 6.29 Å². The van der Waals surface area contributed by atoms with E-state index in [-0.39, 0.29) is 30.6 Å². The largest absolute Gasteiger partial charge is 0.397 e. The molecule has 0 unspecified atom stereocenters. The highest BCUT2D eigenvalue weighted by Crippen LogP contribution is 2.40. The van der Waals surface area contributed by atoms with E-state index in [1.165, 1.54) is 38.8 Å². The van der Waals surface area contributed by atoms with Crippen molar-refractivity contribution in [3.05, 3.63) is 119 Å². The quantitative estimate of drug-likeness (QED) is 0.0634. The lowest BCUT2D eigenvalue weighted by Gasteiger charge is -2.39. The first-order valence-electron chi connectivity index (χ1n) is 21.0. The first kappa shape index (κ1) is 40.6. The van der Waals surface area contributed by atoms with Crippen molar-refractivity contribution in [2.24, 2.45) is 0 Å². The Hall–Kier alpha value is -4.58. The van der Waals surface area contributed by atoms with Crippen molar-refractivity contribution in [2.75, 3.05) is 43.8 Å². The Morgan fingerprint density at radius 3 is 2.28 bits per heavy atom. The molecule has 4 aromatic rings. The number of aliphatic hydroxyl groups excluding tert-OH is 1. The molecule has 3 saturated heterocycles. The number of amides is 2. The van der Waals surface area contributed by atoms with E-state index in [1.54, 1.807) is 12.1 Å². The summed E-state index contributed by atoms with van der Waals surface area (Å²) in [6.45, 7) is 6.04. The number of nitrogens with two attached hydrogens (primary N) is 1. The second kappa shape index (κ2) is 20.2. The normalized spacial score (nSPS) is 21.4. The zero-order valence-electron chi connectivity index (χ0n) is 33.1. The molecule has 2 amide bonds. The third kappa shape index (κ3) is 11.5. The summed E-state index contributed by atoms with van der Waals surface area (Å²) in [5, 5.41) is 15.6. The van der Waals surface area contributed by atoms with Crippen LogP contribution in [0.25, 0.3) is 11.1 Å². The Morgan fingerprint density at radius 1 is 0.737 bits per heavy atom. The van der Waals surface area contributed by atoms with Gasteiger partial charge in [0.05, 0.1) is 30.2 Å². The second-order valence-electron chi connectivity index (χ2n) is 15.9. The van der Waals surface area contributed by atoms with Crippen molar-refractivity contribution >= 4 is 23.2 Å². The fourth-order valence-electron chi connectivity index (χ4n) is 8.49. The van der Waals surface area contributed by atoms with Crippen LogP contribution in [0.15, 0.2) is 97.1 Å². The summed E-state index contributed by atoms with van der Waals surface area (Å²) < 4.78 is 13.6. The van der Waals surface area contributed by atoms with Crippen LogP contribution in [-0.4, -0.2) is 71.6 Å². The number of nitrogen functional groups attached to an aromatic ring is 1. The number of likely N-dealkylation sites (tertiary alicyclic amines) is 2. The van der Waals surface area contributed by atoms with Crippen LogP contribution in [0.2, 0.25) is 0 Å². The van der Waals surface area contributed by atoms with Gasteiger partial charge < -0.3 is 35.8 Å². The molecule has 3 aliphatic heterocycles. The number of ether oxygens (including phenoxy) is 2. The number of rotatable bonds is 17. The third-order valence-corrected chi connectivity index (χ3v) is 11.7. The Bertz CT molecular complexity index is 1910. The van der Waals surface area contributed by atoms with Crippen molar-refractivity contribution in [3.63, 3.8) is 0 Å². The number of nitrogens with one attached hydrogen (secondary N) is 2. The maximum absolute atomic E-state index is 12.7. The molecular formula is C47H59N5O5. The van der Waals surface area contributed by atoms with Gasteiger partial charge >= 0.3 is 0 Å². The van der Waals surface area contributed by atoms with Crippen LogP contribution >= 0.6 is 0 Å². The minimum absolute atomic E-state index is 0.00177. The number of hydrogen-bond donors (Lipinski definition) is 4. The highest BCUT2D eigenvalue weighted by molar-refractivity contribution is 5.93. The van der Waals surface area contributed by atoms with Crippen molar-refractivity contribution in [3.8, 4) is 11.1 Å². The molecule has 3 fully saturated rings. The topological polar surface area (TPSA) is 129 Å². The number of para-hydroxylation sites is 2. The predicted octanol–water partition coefficient (Wildman–Crippen LogP) is 7.74. The summed E-state index contributed by atoms with van der Waals surface area (Å²) in [5.41, 5.74) is 13.2. The SMILES string of the molecule is Nc1ccccc1NC(=O)CCCCCC(=O)NCc1cccc(-c2cccc([C@H]3O[C@@H](CN4CCC[C@H]4CN4CCCC4)C[C@@H](c4ccc(CO)cc4)O3)c2)c1. The van der Waals surface area contributed by atoms with Crippen molar-refractivity contribution in [1.29, 1.82) is 0 Å². The van der Waals surface area contributed by atoms with Crippen molar-refractivity contribution in [2.45, 2.75) is 102 Å². The maximum Gasteiger partial charge on any atom is 0.224 e. The monoisotopic (exact) mass is 773 g/mol. The highest BCUT2D eigenvalue weighted by atomic mass is 16.7. The average Bonchev–Trinajstić information content (AvgIpc) is 3.93. The van der Waals surface area contributed by atoms with E-state index >= 15 is 0 Å². The highest BCUT2D eigenvalue weighted by Gasteiger charge is 2.36. The first-order valence-corrected chi connectivity index (χ1v) is 21.0. The van der Waals surface area contributed by atoms with Crippen LogP contribution in [0.5, 0.6) is 0 Å². The minimum atomic E-state index is -0.523. The second-order valence-corrected chi connectivity index (χ2v) is 15.9. The molecule has 4 atom stereocenters. The molecule has 0 aliphatic carbocycles. The molecule has 0 radical (unpaired) electrons. The number of unbranched alkanes of at least 4 members (excludes halogenated alkanes) is 2. The average molecular weight is 774 g/mol. The third-order valence-electron chi connectivity index (χ3n) is 11.7. The van der Waals surface area contributed by atoms with Crippen LogP contribution in [-0.2, 0) is 32.2 Å². The number of nitrogens with zero attached hydrogens (tertiary/aromatic N) is 2. The Balaban J connectivity index is 0.941. The molecule has 0 saturated carbocycles. The molecule has 0 spiro atoms. The number of carbonyl (C=O) groups is 2. The van der Waals surface area contributed by atoms with E-state index in [9.17, 15) is 14.7 Å². The van der Waals surface area contributed by atoms with Crippen molar-refractivity contribution < 1.29 is 24.2 Å². The molecule has 3 heterocycles. The van der Waals surface area contributed by atoms with Gasteiger partial charge in [0.2, 0.25) is 11.8 Å². The molecule has 10 heteroatoms. The van der Waals surface area contributed by atoms with Gasteiger partial charge in [0.15, 0.2) is 6.29 Å². The van der Waals surface area contributed by atoms with Gasteiger partial charge in [0, 0.05) is 50.5 Å². The van der Waals surface area contributed by atoms with E-state index in [0.717, 1.165) is 72.3 Å². The fourth-order valence-corrected chi connectivity index (χ4v) is 8.49. The molecule has 3 aliphatic rings. The van der Waals surface area contributed by atoms with Crippen LogP contribution < -0.4 is 16.4 Å². The predicted molar refractivity (Wildman–Crippen MR) is 225 cm³/mol. The summed E-state index contributed by atoms with van der Waals surface area (Å²) in [6, 6.07) is 32.6. The number of benzene rings is 4. The van der Waals surface area contributed by atoms with E-state index in [0.29, 0.717) is 43.2 Å². The van der Waals surface area contributed by atoms with Gasteiger partial charge in [-0.15, -0.1) is 0 Å². The molecule has 0 bridgehead atoms. The maximum atomic E-state index is 12.7. The van der Waals surface area contributed by atoms with Gasteiger partial charge in [-0.2, -0.15) is 0 Å². The number of hydrogen-bond acceptors (Lipinski definition) is 8.